The minimum absolute atomic E-state index is 0.258. The lowest BCUT2D eigenvalue weighted by molar-refractivity contribution is -0.166. The van der Waals surface area contributed by atoms with Gasteiger partial charge in [0.15, 0.2) is 5.79 Å². The molecule has 0 N–H and O–H groups in total. The second kappa shape index (κ2) is 6.24. The zero-order chi connectivity index (χ0) is 15.6. The van der Waals surface area contributed by atoms with E-state index >= 15 is 0 Å². The predicted molar refractivity (Wildman–Crippen MR) is 70.0 cm³/mol. The number of hydrogen-bond acceptors (Lipinski definition) is 8. The molecule has 0 bridgehead atoms. The molecule has 0 aromatic rings. The maximum absolute atomic E-state index is 11.0. The molecule has 10 heteroatoms. The minimum atomic E-state index is -3.62. The van der Waals surface area contributed by atoms with Gasteiger partial charge in [-0.2, -0.15) is 16.8 Å². The van der Waals surface area contributed by atoms with Gasteiger partial charge in [0.2, 0.25) is 0 Å². The van der Waals surface area contributed by atoms with Crippen molar-refractivity contribution >= 4 is 20.2 Å². The topological polar surface area (TPSA) is 105 Å². The Labute approximate surface area is 119 Å². The molecule has 0 spiro atoms. The van der Waals surface area contributed by atoms with E-state index in [0.717, 1.165) is 12.5 Å². The maximum atomic E-state index is 11.0. The molecule has 2 atom stereocenters. The highest BCUT2D eigenvalue weighted by Gasteiger charge is 2.44. The van der Waals surface area contributed by atoms with Gasteiger partial charge in [-0.05, 0) is 13.3 Å². The van der Waals surface area contributed by atoms with E-state index in [0.29, 0.717) is 6.42 Å². The molecule has 0 amide bonds. The van der Waals surface area contributed by atoms with Gasteiger partial charge in [0, 0.05) is 0 Å². The van der Waals surface area contributed by atoms with Crippen LogP contribution in [-0.4, -0.2) is 60.6 Å². The summed E-state index contributed by atoms with van der Waals surface area (Å²) in [5.74, 6) is -0.920. The lowest BCUT2D eigenvalue weighted by Crippen LogP contribution is -2.33. The largest absolute Gasteiger partial charge is 0.342 e. The quantitative estimate of drug-likeness (QED) is 0.593. The average molecular weight is 332 g/mol. The molecule has 8 nitrogen and oxygen atoms in total. The van der Waals surface area contributed by atoms with Crippen molar-refractivity contribution in [2.75, 3.05) is 25.7 Å². The molecule has 1 saturated heterocycles. The van der Waals surface area contributed by atoms with Crippen LogP contribution in [0.5, 0.6) is 0 Å². The summed E-state index contributed by atoms with van der Waals surface area (Å²) < 4.78 is 64.5. The molecule has 1 aliphatic heterocycles. The summed E-state index contributed by atoms with van der Waals surface area (Å²) in [6, 6.07) is 0. The molecule has 1 heterocycles. The molecule has 0 radical (unpaired) electrons. The summed E-state index contributed by atoms with van der Waals surface area (Å²) in [5, 5.41) is 0. The molecule has 0 saturated carbocycles. The number of rotatable bonds is 7. The molecule has 1 rings (SSSR count). The lowest BCUT2D eigenvalue weighted by atomic mass is 10.2. The van der Waals surface area contributed by atoms with Crippen molar-refractivity contribution < 1.29 is 34.7 Å². The second-order valence-corrected chi connectivity index (χ2v) is 8.07. The van der Waals surface area contributed by atoms with Gasteiger partial charge in [-0.3, -0.25) is 8.37 Å². The van der Waals surface area contributed by atoms with Gasteiger partial charge in [0.25, 0.3) is 20.2 Å². The van der Waals surface area contributed by atoms with Crippen LogP contribution in [0.2, 0.25) is 0 Å². The van der Waals surface area contributed by atoms with Gasteiger partial charge in [-0.1, -0.05) is 6.92 Å². The highest BCUT2D eigenvalue weighted by atomic mass is 32.2. The van der Waals surface area contributed by atoms with Gasteiger partial charge in [0.1, 0.15) is 12.2 Å². The van der Waals surface area contributed by atoms with E-state index in [1.165, 1.54) is 0 Å². The molecule has 120 valence electrons. The van der Waals surface area contributed by atoms with Crippen LogP contribution in [0.1, 0.15) is 20.3 Å². The summed E-state index contributed by atoms with van der Waals surface area (Å²) in [6.07, 6.45) is 0.902. The zero-order valence-electron chi connectivity index (χ0n) is 11.9. The summed E-state index contributed by atoms with van der Waals surface area (Å²) in [4.78, 5) is 0. The van der Waals surface area contributed by atoms with Crippen molar-refractivity contribution in [3.63, 3.8) is 0 Å². The third kappa shape index (κ3) is 6.02. The Bertz CT molecular complexity index is 479. The fourth-order valence-corrected chi connectivity index (χ4v) is 2.41. The maximum Gasteiger partial charge on any atom is 0.264 e. The summed E-state index contributed by atoms with van der Waals surface area (Å²) in [7, 11) is -7.23. The monoisotopic (exact) mass is 332 g/mol. The van der Waals surface area contributed by atoms with Gasteiger partial charge in [-0.25, -0.2) is 0 Å². The smallest absolute Gasteiger partial charge is 0.264 e. The second-order valence-electron chi connectivity index (χ2n) is 4.78. The third-order valence-corrected chi connectivity index (χ3v) is 3.88. The molecule has 0 unspecified atom stereocenters. The molecule has 0 aliphatic carbocycles. The average Bonchev–Trinajstić information content (AvgIpc) is 2.60. The Balaban J connectivity index is 2.71. The third-order valence-electron chi connectivity index (χ3n) is 2.75. The van der Waals surface area contributed by atoms with Gasteiger partial charge in [-0.15, -0.1) is 0 Å². The Hall–Kier alpha value is -0.260. The Morgan fingerprint density at radius 2 is 1.30 bits per heavy atom. The van der Waals surface area contributed by atoms with E-state index < -0.39 is 38.2 Å². The summed E-state index contributed by atoms with van der Waals surface area (Å²) in [5.41, 5.74) is 0. The zero-order valence-corrected chi connectivity index (χ0v) is 13.5. The van der Waals surface area contributed by atoms with Crippen molar-refractivity contribution in [2.45, 2.75) is 38.3 Å². The van der Waals surface area contributed by atoms with Crippen LogP contribution in [0, 0.1) is 0 Å². The van der Waals surface area contributed by atoms with Crippen molar-refractivity contribution in [3.05, 3.63) is 0 Å². The normalized spacial score (nSPS) is 26.8. The van der Waals surface area contributed by atoms with Crippen LogP contribution in [-0.2, 0) is 38.1 Å². The molecule has 20 heavy (non-hydrogen) atoms. The van der Waals surface area contributed by atoms with Crippen molar-refractivity contribution in [2.24, 2.45) is 0 Å². The Kier molecular flexibility index (Phi) is 5.55. The van der Waals surface area contributed by atoms with Crippen LogP contribution >= 0.6 is 0 Å². The highest BCUT2D eigenvalue weighted by Crippen LogP contribution is 2.32. The first-order chi connectivity index (χ1) is 8.94. The lowest BCUT2D eigenvalue weighted by Gasteiger charge is -2.21. The predicted octanol–water partition coefficient (Wildman–Crippen LogP) is -0.151. The van der Waals surface area contributed by atoms with E-state index in [-0.39, 0.29) is 13.2 Å². The molecular formula is C10H20O8S2. The first-order valence-corrected chi connectivity index (χ1v) is 9.62. The number of hydrogen-bond donors (Lipinski definition) is 0. The standard InChI is InChI=1S/C10H20O8S2/c1-5-10(2)17-8(6-15-19(3,11)12)9(18-10)7-16-20(4,13)14/h8-9H,5-7H2,1-4H3/t8-,9-/m0/s1. The first-order valence-electron chi connectivity index (χ1n) is 5.98. The minimum Gasteiger partial charge on any atom is -0.342 e. The molecular weight excluding hydrogens is 312 g/mol. The molecule has 0 aromatic heterocycles. The van der Waals surface area contributed by atoms with Gasteiger partial charge >= 0.3 is 0 Å². The molecule has 1 fully saturated rings. The van der Waals surface area contributed by atoms with Crippen molar-refractivity contribution in [1.82, 2.24) is 0 Å². The first kappa shape index (κ1) is 17.8. The number of ether oxygens (including phenoxy) is 2. The SMILES string of the molecule is CCC1(C)O[C@@H](COS(C)(=O)=O)[C@H](COS(C)(=O)=O)O1. The molecule has 0 aromatic carbocycles. The van der Waals surface area contributed by atoms with E-state index in [4.69, 9.17) is 9.47 Å². The van der Waals surface area contributed by atoms with E-state index in [1.807, 2.05) is 6.92 Å². The van der Waals surface area contributed by atoms with E-state index in [1.54, 1.807) is 6.92 Å². The van der Waals surface area contributed by atoms with Crippen LogP contribution in [0.4, 0.5) is 0 Å². The highest BCUT2D eigenvalue weighted by molar-refractivity contribution is 7.86. The van der Waals surface area contributed by atoms with E-state index in [2.05, 4.69) is 8.37 Å². The van der Waals surface area contributed by atoms with Crippen molar-refractivity contribution in [1.29, 1.82) is 0 Å². The molecule has 1 aliphatic rings. The van der Waals surface area contributed by atoms with Crippen LogP contribution in [0.15, 0.2) is 0 Å². The van der Waals surface area contributed by atoms with Crippen LogP contribution in [0.3, 0.4) is 0 Å². The van der Waals surface area contributed by atoms with Gasteiger partial charge in [0.05, 0.1) is 25.7 Å². The Morgan fingerprint density at radius 3 is 1.55 bits per heavy atom. The van der Waals surface area contributed by atoms with Crippen molar-refractivity contribution in [3.8, 4) is 0 Å². The summed E-state index contributed by atoms with van der Waals surface area (Å²) in [6.45, 7) is 2.99. The fraction of sp³-hybridized carbons (Fsp3) is 1.00. The fourth-order valence-electron chi connectivity index (χ4n) is 1.65. The Morgan fingerprint density at radius 1 is 0.950 bits per heavy atom. The van der Waals surface area contributed by atoms with Crippen LogP contribution < -0.4 is 0 Å². The van der Waals surface area contributed by atoms with Crippen LogP contribution in [0.25, 0.3) is 0 Å². The van der Waals surface area contributed by atoms with E-state index in [9.17, 15) is 16.8 Å². The van der Waals surface area contributed by atoms with Gasteiger partial charge < -0.3 is 9.47 Å². The summed E-state index contributed by atoms with van der Waals surface area (Å²) >= 11 is 0.